The molecule has 1 aliphatic carbocycles. The molecule has 0 bridgehead atoms. The van der Waals surface area contributed by atoms with Crippen molar-refractivity contribution in [2.45, 2.75) is 25.7 Å². The van der Waals surface area contributed by atoms with Crippen LogP contribution >= 0.6 is 0 Å². The molecule has 8 nitrogen and oxygen atoms in total. The van der Waals surface area contributed by atoms with E-state index in [0.29, 0.717) is 18.2 Å². The number of carboxylic acids is 1. The number of carbonyl (C=O) groups is 1. The third kappa shape index (κ3) is 4.15. The monoisotopic (exact) mass is 456 g/mol. The van der Waals surface area contributed by atoms with E-state index in [1.54, 1.807) is 11.7 Å². The maximum Gasteiger partial charge on any atom is 0.341 e. The lowest BCUT2D eigenvalue weighted by atomic mass is 10.1. The Morgan fingerprint density at radius 2 is 1.94 bits per heavy atom. The lowest BCUT2D eigenvalue weighted by Crippen LogP contribution is -2.19. The van der Waals surface area contributed by atoms with E-state index in [1.165, 1.54) is 23.5 Å². The standard InChI is InChI=1S/C26H24N4O4/c1-34-12-11-16-5-8-19(9-6-16)28-26-27-14-21-23(31)22(25(32)33)15-30(24(21)29-26)20-10-7-17-3-2-4-18(17)13-20/h5-10,13-15H,2-4,11-12H2,1H3,(H,32,33)(H,27,28,29). The Balaban J connectivity index is 1.58. The summed E-state index contributed by atoms with van der Waals surface area (Å²) >= 11 is 0. The third-order valence-electron chi connectivity index (χ3n) is 6.14. The number of fused-ring (bicyclic) bond motifs is 2. The van der Waals surface area contributed by atoms with Crippen molar-refractivity contribution < 1.29 is 14.6 Å². The van der Waals surface area contributed by atoms with E-state index >= 15 is 0 Å². The number of ether oxygens (including phenoxy) is 1. The first kappa shape index (κ1) is 21.8. The summed E-state index contributed by atoms with van der Waals surface area (Å²) in [5.41, 5.74) is 4.69. The number of aromatic carboxylic acids is 1. The first-order valence-corrected chi connectivity index (χ1v) is 11.2. The van der Waals surface area contributed by atoms with Gasteiger partial charge in [0.2, 0.25) is 11.4 Å². The number of aromatic nitrogens is 3. The van der Waals surface area contributed by atoms with Crippen molar-refractivity contribution in [2.24, 2.45) is 0 Å². The molecule has 0 spiro atoms. The SMILES string of the molecule is COCCc1ccc(Nc2ncc3c(=O)c(C(=O)O)cn(-c4ccc5c(c4)CCC5)c3n2)cc1. The second kappa shape index (κ2) is 9.07. The Morgan fingerprint density at radius 3 is 2.71 bits per heavy atom. The average molecular weight is 457 g/mol. The molecule has 2 N–H and O–H groups in total. The number of hydrogen-bond acceptors (Lipinski definition) is 6. The number of pyridine rings is 1. The Morgan fingerprint density at radius 1 is 1.15 bits per heavy atom. The van der Waals surface area contributed by atoms with Gasteiger partial charge in [0, 0.05) is 30.9 Å². The molecule has 4 aromatic rings. The van der Waals surface area contributed by atoms with Crippen LogP contribution in [0.1, 0.15) is 33.5 Å². The number of methoxy groups -OCH3 is 1. The molecule has 34 heavy (non-hydrogen) atoms. The number of hydrogen-bond donors (Lipinski definition) is 2. The minimum absolute atomic E-state index is 0.154. The smallest absolute Gasteiger partial charge is 0.341 e. The normalized spacial score (nSPS) is 12.6. The topological polar surface area (TPSA) is 106 Å². The summed E-state index contributed by atoms with van der Waals surface area (Å²) in [7, 11) is 1.68. The maximum atomic E-state index is 12.8. The van der Waals surface area contributed by atoms with E-state index in [0.717, 1.165) is 42.6 Å². The van der Waals surface area contributed by atoms with Crippen molar-refractivity contribution in [1.82, 2.24) is 14.5 Å². The summed E-state index contributed by atoms with van der Waals surface area (Å²) in [6.07, 6.45) is 6.69. The molecule has 0 saturated carbocycles. The van der Waals surface area contributed by atoms with Gasteiger partial charge in [-0.25, -0.2) is 9.78 Å². The van der Waals surface area contributed by atoms with Crippen LogP contribution in [0, 0.1) is 0 Å². The molecule has 0 amide bonds. The van der Waals surface area contributed by atoms with Gasteiger partial charge < -0.3 is 19.7 Å². The van der Waals surface area contributed by atoms with E-state index in [-0.39, 0.29) is 10.9 Å². The Kier molecular flexibility index (Phi) is 5.81. The minimum Gasteiger partial charge on any atom is -0.477 e. The summed E-state index contributed by atoms with van der Waals surface area (Å²) in [6, 6.07) is 13.9. The van der Waals surface area contributed by atoms with E-state index in [9.17, 15) is 14.7 Å². The van der Waals surface area contributed by atoms with Crippen LogP contribution in [0.15, 0.2) is 59.7 Å². The molecular formula is C26H24N4O4. The molecule has 1 aliphatic rings. The van der Waals surface area contributed by atoms with Crippen LogP contribution in [-0.2, 0) is 24.0 Å². The summed E-state index contributed by atoms with van der Waals surface area (Å²) in [5, 5.41) is 12.9. The van der Waals surface area contributed by atoms with Gasteiger partial charge in [0.05, 0.1) is 12.0 Å². The van der Waals surface area contributed by atoms with Gasteiger partial charge in [0.25, 0.3) is 0 Å². The number of aryl methyl sites for hydroxylation is 2. The maximum absolute atomic E-state index is 12.8. The van der Waals surface area contributed by atoms with E-state index in [4.69, 9.17) is 4.74 Å². The van der Waals surface area contributed by atoms with Crippen molar-refractivity contribution in [3.8, 4) is 5.69 Å². The molecule has 0 unspecified atom stereocenters. The zero-order valence-electron chi connectivity index (χ0n) is 18.7. The van der Waals surface area contributed by atoms with Crippen LogP contribution in [0.25, 0.3) is 16.7 Å². The molecule has 5 rings (SSSR count). The van der Waals surface area contributed by atoms with Crippen LogP contribution < -0.4 is 10.7 Å². The number of anilines is 2. The van der Waals surface area contributed by atoms with Gasteiger partial charge in [-0.05, 0) is 66.6 Å². The van der Waals surface area contributed by atoms with Gasteiger partial charge in [-0.3, -0.25) is 4.79 Å². The number of nitrogens with zero attached hydrogens (tertiary/aromatic N) is 3. The van der Waals surface area contributed by atoms with Gasteiger partial charge >= 0.3 is 5.97 Å². The van der Waals surface area contributed by atoms with Gasteiger partial charge in [-0.15, -0.1) is 0 Å². The van der Waals surface area contributed by atoms with E-state index in [2.05, 4.69) is 21.4 Å². The van der Waals surface area contributed by atoms with Crippen LogP contribution in [0.2, 0.25) is 0 Å². The lowest BCUT2D eigenvalue weighted by Gasteiger charge is -2.14. The fourth-order valence-electron chi connectivity index (χ4n) is 4.33. The molecule has 2 heterocycles. The number of rotatable bonds is 7. The van der Waals surface area contributed by atoms with Crippen molar-refractivity contribution in [1.29, 1.82) is 0 Å². The number of carboxylic acid groups (broad SMARTS) is 1. The quantitative estimate of drug-likeness (QED) is 0.434. The number of nitrogens with one attached hydrogen (secondary N) is 1. The van der Waals surface area contributed by atoms with Crippen LogP contribution in [0.3, 0.4) is 0 Å². The lowest BCUT2D eigenvalue weighted by molar-refractivity contribution is 0.0695. The Labute approximate surface area is 195 Å². The van der Waals surface area contributed by atoms with Gasteiger partial charge in [-0.2, -0.15) is 4.98 Å². The summed E-state index contributed by atoms with van der Waals surface area (Å²) in [4.78, 5) is 33.5. The molecule has 2 aromatic carbocycles. The minimum atomic E-state index is -1.28. The molecule has 2 aromatic heterocycles. The van der Waals surface area contributed by atoms with Crippen LogP contribution in [-0.4, -0.2) is 39.3 Å². The van der Waals surface area contributed by atoms with Crippen molar-refractivity contribution >= 4 is 28.6 Å². The second-order valence-corrected chi connectivity index (χ2v) is 8.35. The molecule has 0 fully saturated rings. The summed E-state index contributed by atoms with van der Waals surface area (Å²) in [5.74, 6) is -0.966. The summed E-state index contributed by atoms with van der Waals surface area (Å²) in [6.45, 7) is 0.652. The summed E-state index contributed by atoms with van der Waals surface area (Å²) < 4.78 is 6.78. The third-order valence-corrected chi connectivity index (χ3v) is 6.14. The molecule has 0 radical (unpaired) electrons. The van der Waals surface area contributed by atoms with Crippen molar-refractivity contribution in [3.63, 3.8) is 0 Å². The second-order valence-electron chi connectivity index (χ2n) is 8.35. The van der Waals surface area contributed by atoms with Gasteiger partial charge in [-0.1, -0.05) is 18.2 Å². The predicted molar refractivity (Wildman–Crippen MR) is 129 cm³/mol. The average Bonchev–Trinajstić information content (AvgIpc) is 3.32. The van der Waals surface area contributed by atoms with E-state index in [1.807, 2.05) is 36.4 Å². The van der Waals surface area contributed by atoms with Crippen LogP contribution in [0.4, 0.5) is 11.6 Å². The molecule has 8 heteroatoms. The molecule has 0 aliphatic heterocycles. The number of benzene rings is 2. The van der Waals surface area contributed by atoms with Gasteiger partial charge in [0.15, 0.2) is 5.65 Å². The zero-order chi connectivity index (χ0) is 23.7. The van der Waals surface area contributed by atoms with Crippen LogP contribution in [0.5, 0.6) is 0 Å². The highest BCUT2D eigenvalue weighted by atomic mass is 16.5. The molecule has 0 atom stereocenters. The molecule has 172 valence electrons. The van der Waals surface area contributed by atoms with E-state index < -0.39 is 11.4 Å². The fourth-order valence-corrected chi connectivity index (χ4v) is 4.33. The highest BCUT2D eigenvalue weighted by Crippen LogP contribution is 2.26. The Hall–Kier alpha value is -4.04. The molecular weight excluding hydrogens is 432 g/mol. The highest BCUT2D eigenvalue weighted by Gasteiger charge is 2.19. The Bertz CT molecular complexity index is 1440. The fraction of sp³-hybridized carbons (Fsp3) is 0.231. The first-order valence-electron chi connectivity index (χ1n) is 11.2. The van der Waals surface area contributed by atoms with Crippen molar-refractivity contribution in [3.05, 3.63) is 87.3 Å². The van der Waals surface area contributed by atoms with Crippen molar-refractivity contribution in [2.75, 3.05) is 19.0 Å². The highest BCUT2D eigenvalue weighted by molar-refractivity contribution is 5.92. The molecule has 0 saturated heterocycles. The van der Waals surface area contributed by atoms with Gasteiger partial charge in [0.1, 0.15) is 5.56 Å². The predicted octanol–water partition coefficient (Wildman–Crippen LogP) is 3.90. The largest absolute Gasteiger partial charge is 0.477 e. The first-order chi connectivity index (χ1) is 16.5. The zero-order valence-corrected chi connectivity index (χ0v) is 18.7.